The fourth-order valence-corrected chi connectivity index (χ4v) is 8.05. The third-order valence-electron chi connectivity index (χ3n) is 8.97. The van der Waals surface area contributed by atoms with E-state index in [0.717, 1.165) is 34.8 Å². The minimum absolute atomic E-state index is 0. The Morgan fingerprint density at radius 1 is 1.12 bits per heavy atom. The zero-order valence-corrected chi connectivity index (χ0v) is 35.1. The van der Waals surface area contributed by atoms with Crippen LogP contribution in [0.5, 0.6) is 5.75 Å². The number of thioether (sulfide) groups is 1. The van der Waals surface area contributed by atoms with Crippen LogP contribution in [-0.2, 0) is 48.4 Å². The van der Waals surface area contributed by atoms with Gasteiger partial charge in [-0.15, -0.1) is 11.8 Å². The number of nitrogens with zero attached hydrogens (tertiary/aromatic N) is 7. The second-order valence-electron chi connectivity index (χ2n) is 14.3. The number of fused-ring (bicyclic) bond motifs is 2. The smallest absolute Gasteiger partial charge is 0.414 e. The highest BCUT2D eigenvalue weighted by molar-refractivity contribution is 8.00. The predicted molar refractivity (Wildman–Crippen MR) is 205 cm³/mol. The topological polar surface area (TPSA) is 192 Å². The Balaban J connectivity index is 0.00000549. The lowest BCUT2D eigenvalue weighted by molar-refractivity contribution is -0.664. The molecule has 20 heteroatoms. The number of hydrogen-bond donors (Lipinski definition) is 2. The number of pyridine rings is 1. The molecule has 2 aliphatic heterocycles. The number of amides is 3. The maximum absolute atomic E-state index is 14.0. The van der Waals surface area contributed by atoms with Crippen LogP contribution in [0.2, 0.25) is 0 Å². The number of ether oxygens (including phenoxy) is 3. The number of hydrogen-bond acceptors (Lipinski definition) is 14. The molecular weight excluding hydrogens is 842 g/mol. The van der Waals surface area contributed by atoms with Gasteiger partial charge in [-0.25, -0.2) is 14.2 Å². The van der Waals surface area contributed by atoms with Crippen molar-refractivity contribution in [3.05, 3.63) is 71.6 Å². The molecule has 1 saturated heterocycles. The Morgan fingerprint density at radius 3 is 2.60 bits per heavy atom. The average molecular weight is 885 g/mol. The minimum Gasteiger partial charge on any atom is -1.00 e. The van der Waals surface area contributed by atoms with E-state index in [4.69, 9.17) is 24.0 Å². The van der Waals surface area contributed by atoms with Gasteiger partial charge in [0.1, 0.15) is 53.7 Å². The number of imidazole rings is 1. The van der Waals surface area contributed by atoms with Crippen molar-refractivity contribution in [1.29, 1.82) is 0 Å². The highest BCUT2D eigenvalue weighted by Gasteiger charge is 2.55. The number of nitrogens with one attached hydrogen (secondary N) is 2. The quantitative estimate of drug-likeness (QED) is 0.0596. The Hall–Kier alpha value is -5.08. The summed E-state index contributed by atoms with van der Waals surface area (Å²) in [5.41, 5.74) is 2.25. The largest absolute Gasteiger partial charge is 1.00 e. The van der Waals surface area contributed by atoms with Crippen molar-refractivity contribution in [2.75, 3.05) is 24.8 Å². The highest BCUT2D eigenvalue weighted by Crippen LogP contribution is 2.41. The van der Waals surface area contributed by atoms with E-state index in [0.29, 0.717) is 23.0 Å². The Kier molecular flexibility index (Phi) is 12.8. The number of oxime groups is 1. The standard InChI is InChI=1S/C37H41N9O8S2.BrH/c1-6-53-42-26(29-40-35(56-43-29)41-36(50)54-37(2,3)4)31(47)39-27-32(48)46-28(34(49)52-18-22-11-13-24(51-5)14-12-22)23(19-55-33(27)46)17-44-15-7-8-25-30(44)38-20-45(25)16-21-9-10-21;/h7-8,11-15,20-21,27,33H,6,9-10,16-19H2,1-5H3,(H-,39,40,41,43,47,50);1H/b42-26-;. The Bertz CT molecular complexity index is 2220. The molecule has 0 bridgehead atoms. The number of carbonyl (C=O) groups excluding carboxylic acids is 4. The number of β-lactam (4-membered cyclic amide) rings is 1. The molecule has 17 nitrogen and oxygen atoms in total. The molecule has 2 unspecified atom stereocenters. The molecule has 57 heavy (non-hydrogen) atoms. The number of methoxy groups -OCH3 is 1. The maximum Gasteiger partial charge on any atom is 0.414 e. The first-order chi connectivity index (χ1) is 26.9. The fourth-order valence-electron chi connectivity index (χ4n) is 6.15. The van der Waals surface area contributed by atoms with Crippen LogP contribution in [0.1, 0.15) is 51.9 Å². The third-order valence-corrected chi connectivity index (χ3v) is 10.9. The molecule has 1 aromatic carbocycles. The van der Waals surface area contributed by atoms with Gasteiger partial charge in [0.25, 0.3) is 11.8 Å². The number of halogens is 1. The summed E-state index contributed by atoms with van der Waals surface area (Å²) < 4.78 is 24.6. The molecule has 302 valence electrons. The van der Waals surface area contributed by atoms with Crippen molar-refractivity contribution < 1.29 is 59.8 Å². The monoisotopic (exact) mass is 883 g/mol. The van der Waals surface area contributed by atoms with Crippen LogP contribution in [-0.4, -0.2) is 89.9 Å². The van der Waals surface area contributed by atoms with Crippen LogP contribution in [0.25, 0.3) is 11.2 Å². The molecule has 3 aliphatic rings. The van der Waals surface area contributed by atoms with Crippen LogP contribution >= 0.6 is 23.3 Å². The van der Waals surface area contributed by atoms with Crippen molar-refractivity contribution in [3.63, 3.8) is 0 Å². The summed E-state index contributed by atoms with van der Waals surface area (Å²) in [4.78, 5) is 69.5. The molecule has 2 N–H and O–H groups in total. The molecule has 1 aliphatic carbocycles. The zero-order valence-electron chi connectivity index (χ0n) is 31.9. The van der Waals surface area contributed by atoms with Gasteiger partial charge in [-0.2, -0.15) is 9.36 Å². The van der Waals surface area contributed by atoms with Crippen molar-refractivity contribution in [3.8, 4) is 5.75 Å². The lowest BCUT2D eigenvalue weighted by Gasteiger charge is -2.49. The van der Waals surface area contributed by atoms with E-state index in [2.05, 4.69) is 29.7 Å². The van der Waals surface area contributed by atoms with Crippen molar-refractivity contribution in [2.45, 2.75) is 77.2 Å². The van der Waals surface area contributed by atoms with Crippen LogP contribution in [0.3, 0.4) is 0 Å². The first-order valence-electron chi connectivity index (χ1n) is 18.1. The van der Waals surface area contributed by atoms with E-state index in [1.54, 1.807) is 59.1 Å². The summed E-state index contributed by atoms with van der Waals surface area (Å²) in [6.45, 7) is 8.15. The number of benzene rings is 1. The first-order valence-corrected chi connectivity index (χ1v) is 19.9. The molecule has 5 heterocycles. The molecule has 1 saturated carbocycles. The first kappa shape index (κ1) is 41.6. The normalized spacial score (nSPS) is 17.9. The van der Waals surface area contributed by atoms with Gasteiger partial charge >= 0.3 is 17.7 Å². The SMILES string of the molecule is CCO/N=C(\C(=O)NC1C(=O)N2C(C(=O)OCc3ccc(OC)cc3)=C(C[n+]3cccc4c3ncn4CC3CC3)CSC12)c1nsc(NC(=O)OC(C)(C)C)n1.[Br-]. The molecule has 7 rings (SSSR count). The molecule has 3 amide bonds. The van der Waals surface area contributed by atoms with Crippen LogP contribution in [0.15, 0.2) is 65.3 Å². The summed E-state index contributed by atoms with van der Waals surface area (Å²) in [5.74, 6) is -0.375. The van der Waals surface area contributed by atoms with Crippen LogP contribution < -0.4 is 36.9 Å². The summed E-state index contributed by atoms with van der Waals surface area (Å²) >= 11 is 2.23. The van der Waals surface area contributed by atoms with Gasteiger partial charge in [-0.05, 0) is 81.3 Å². The average Bonchev–Trinajstić information content (AvgIpc) is 3.72. The summed E-state index contributed by atoms with van der Waals surface area (Å²) in [6.07, 6.45) is 5.43. The summed E-state index contributed by atoms with van der Waals surface area (Å²) in [6, 6.07) is 10.1. The molecule has 2 atom stereocenters. The number of rotatable bonds is 14. The van der Waals surface area contributed by atoms with E-state index in [1.807, 2.05) is 29.2 Å². The lowest BCUT2D eigenvalue weighted by Crippen LogP contribution is -3.00. The molecule has 2 fully saturated rings. The number of esters is 1. The van der Waals surface area contributed by atoms with E-state index in [1.165, 1.54) is 29.5 Å². The molecule has 0 spiro atoms. The van der Waals surface area contributed by atoms with Crippen molar-refractivity contribution >= 4 is 69.2 Å². The Morgan fingerprint density at radius 2 is 1.89 bits per heavy atom. The Labute approximate surface area is 347 Å². The van der Waals surface area contributed by atoms with Gasteiger partial charge in [-0.3, -0.25) is 19.8 Å². The number of carbonyl (C=O) groups is 4. The van der Waals surface area contributed by atoms with E-state index < -0.39 is 40.9 Å². The highest BCUT2D eigenvalue weighted by atomic mass is 79.9. The fraction of sp³-hybridized carbons (Fsp3) is 0.432. The third kappa shape index (κ3) is 9.56. The lowest BCUT2D eigenvalue weighted by atomic mass is 10.0. The predicted octanol–water partition coefficient (Wildman–Crippen LogP) is 0.783. The summed E-state index contributed by atoms with van der Waals surface area (Å²) in [5, 5.41) is 8.60. The molecule has 3 aromatic heterocycles. The number of aromatic nitrogens is 5. The van der Waals surface area contributed by atoms with E-state index >= 15 is 0 Å². The van der Waals surface area contributed by atoms with Gasteiger partial charge in [0, 0.05) is 29.4 Å². The van der Waals surface area contributed by atoms with Gasteiger partial charge in [0.05, 0.1) is 13.3 Å². The molecule has 0 radical (unpaired) electrons. The van der Waals surface area contributed by atoms with Crippen molar-refractivity contribution in [1.82, 2.24) is 29.1 Å². The summed E-state index contributed by atoms with van der Waals surface area (Å²) in [7, 11) is 1.57. The van der Waals surface area contributed by atoms with Crippen LogP contribution in [0.4, 0.5) is 9.93 Å². The van der Waals surface area contributed by atoms with Gasteiger partial charge in [-0.1, -0.05) is 17.3 Å². The maximum atomic E-state index is 14.0. The van der Waals surface area contributed by atoms with E-state index in [-0.39, 0.29) is 59.1 Å². The van der Waals surface area contributed by atoms with Crippen LogP contribution in [0, 0.1) is 5.92 Å². The van der Waals surface area contributed by atoms with Gasteiger partial charge in [0.15, 0.2) is 0 Å². The molecule has 4 aromatic rings. The van der Waals surface area contributed by atoms with E-state index in [9.17, 15) is 19.2 Å². The number of anilines is 1. The molecular formula is C37H42BrN9O8S2. The second kappa shape index (κ2) is 17.6. The van der Waals surface area contributed by atoms with Crippen molar-refractivity contribution in [2.24, 2.45) is 11.1 Å². The van der Waals surface area contributed by atoms with Gasteiger partial charge < -0.3 is 45.9 Å². The zero-order chi connectivity index (χ0) is 39.6. The minimum atomic E-state index is -1.02. The second-order valence-corrected chi connectivity index (χ2v) is 16.2. The van der Waals surface area contributed by atoms with Gasteiger partial charge in [0.2, 0.25) is 23.0 Å².